The lowest BCUT2D eigenvalue weighted by molar-refractivity contribution is 0.0697. The molecule has 0 aliphatic carbocycles. The third-order valence-electron chi connectivity index (χ3n) is 2.79. The second-order valence-electron chi connectivity index (χ2n) is 4.13. The Hall–Kier alpha value is -1.41. The van der Waals surface area contributed by atoms with Crippen LogP contribution in [0.4, 0.5) is 0 Å². The van der Waals surface area contributed by atoms with Crippen molar-refractivity contribution in [1.29, 1.82) is 0 Å². The normalized spacial score (nSPS) is 10.9. The van der Waals surface area contributed by atoms with Gasteiger partial charge in [-0.15, -0.1) is 0 Å². The number of halogens is 2. The molecule has 0 atom stereocenters. The van der Waals surface area contributed by atoms with Gasteiger partial charge in [0, 0.05) is 8.04 Å². The summed E-state index contributed by atoms with van der Waals surface area (Å²) in [5.74, 6) is -0.520. The number of carbonyl (C=O) groups is 1. The highest BCUT2D eigenvalue weighted by Gasteiger charge is 2.13. The Kier molecular flexibility index (Phi) is 3.51. The number of fused-ring (bicyclic) bond motifs is 1. The van der Waals surface area contributed by atoms with E-state index in [-0.39, 0.29) is 5.56 Å². The Labute approximate surface area is 136 Å². The molecule has 0 amide bonds. The van der Waals surface area contributed by atoms with Crippen LogP contribution in [0.2, 0.25) is 0 Å². The molecule has 0 aliphatic heterocycles. The maximum absolute atomic E-state index is 10.9. The fourth-order valence-electron chi connectivity index (χ4n) is 1.83. The molecule has 20 heavy (non-hydrogen) atoms. The molecule has 1 heterocycles. The van der Waals surface area contributed by atoms with Crippen LogP contribution in [0.25, 0.3) is 22.6 Å². The highest BCUT2D eigenvalue weighted by Crippen LogP contribution is 2.31. The number of carboxylic acid groups (broad SMARTS) is 1. The first-order valence-corrected chi connectivity index (χ1v) is 7.51. The summed E-state index contributed by atoms with van der Waals surface area (Å²) in [7, 11) is 0. The molecule has 100 valence electrons. The van der Waals surface area contributed by atoms with E-state index < -0.39 is 5.97 Å². The summed E-state index contributed by atoms with van der Waals surface area (Å²) in [6, 6.07) is 10.5. The van der Waals surface area contributed by atoms with Crippen LogP contribution in [-0.4, -0.2) is 16.1 Å². The van der Waals surface area contributed by atoms with Crippen LogP contribution < -0.4 is 0 Å². The van der Waals surface area contributed by atoms with Crippen molar-refractivity contribution in [1.82, 2.24) is 4.98 Å². The summed E-state index contributed by atoms with van der Waals surface area (Å²) in [4.78, 5) is 15.3. The molecule has 4 nitrogen and oxygen atoms in total. The summed E-state index contributed by atoms with van der Waals surface area (Å²) in [5, 5.41) is 8.98. The maximum Gasteiger partial charge on any atom is 0.335 e. The van der Waals surface area contributed by atoms with Gasteiger partial charge in [-0.25, -0.2) is 9.78 Å². The zero-order chi connectivity index (χ0) is 14.3. The number of benzene rings is 2. The van der Waals surface area contributed by atoms with Crippen molar-refractivity contribution in [2.45, 2.75) is 0 Å². The van der Waals surface area contributed by atoms with Crippen LogP contribution in [0.15, 0.2) is 45.3 Å². The number of nitrogens with zero attached hydrogens (tertiary/aromatic N) is 1. The summed E-state index contributed by atoms with van der Waals surface area (Å²) in [6.07, 6.45) is 0. The van der Waals surface area contributed by atoms with Gasteiger partial charge in [0.1, 0.15) is 5.52 Å². The number of aromatic carboxylic acids is 1. The first-order chi connectivity index (χ1) is 9.54. The third kappa shape index (κ3) is 2.45. The van der Waals surface area contributed by atoms with Crippen molar-refractivity contribution in [3.63, 3.8) is 0 Å². The molecule has 6 heteroatoms. The van der Waals surface area contributed by atoms with Gasteiger partial charge in [0.2, 0.25) is 5.89 Å². The van der Waals surface area contributed by atoms with E-state index in [1.165, 1.54) is 12.1 Å². The molecule has 0 fully saturated rings. The van der Waals surface area contributed by atoms with E-state index in [1.54, 1.807) is 6.07 Å². The van der Waals surface area contributed by atoms with Gasteiger partial charge in [-0.1, -0.05) is 0 Å². The summed E-state index contributed by atoms with van der Waals surface area (Å²) in [6.45, 7) is 0. The quantitative estimate of drug-likeness (QED) is 0.589. The van der Waals surface area contributed by atoms with E-state index in [1.807, 2.05) is 18.2 Å². The average molecular weight is 444 g/mol. The predicted molar refractivity (Wildman–Crippen MR) is 86.8 cm³/mol. The summed E-state index contributed by atoms with van der Waals surface area (Å²) < 4.78 is 7.61. The zero-order valence-corrected chi connectivity index (χ0v) is 13.7. The fraction of sp³-hybridized carbons (Fsp3) is 0. The largest absolute Gasteiger partial charge is 0.478 e. The topological polar surface area (TPSA) is 63.3 Å². The molecule has 1 aromatic heterocycles. The standard InChI is InChI=1S/C14H7BrINO3/c15-10-3-2-8(16)6-9(10)13-17-11-4-1-7(14(18)19)5-12(11)20-13/h1-6H,(H,18,19). The van der Waals surface area contributed by atoms with Crippen molar-refractivity contribution in [2.75, 3.05) is 0 Å². The van der Waals surface area contributed by atoms with Crippen LogP contribution in [-0.2, 0) is 0 Å². The minimum atomic E-state index is -0.986. The Morgan fingerprint density at radius 1 is 1.25 bits per heavy atom. The molecule has 1 N–H and O–H groups in total. The first-order valence-electron chi connectivity index (χ1n) is 5.64. The van der Waals surface area contributed by atoms with Gasteiger partial charge in [-0.05, 0) is 74.9 Å². The molecular weight excluding hydrogens is 437 g/mol. The molecule has 0 unspecified atom stereocenters. The molecule has 0 spiro atoms. The second-order valence-corrected chi connectivity index (χ2v) is 6.23. The summed E-state index contributed by atoms with van der Waals surface area (Å²) in [5.41, 5.74) is 2.12. The number of rotatable bonds is 2. The van der Waals surface area contributed by atoms with Gasteiger partial charge in [0.05, 0.1) is 11.1 Å². The highest BCUT2D eigenvalue weighted by atomic mass is 127. The van der Waals surface area contributed by atoms with Crippen molar-refractivity contribution >= 4 is 55.6 Å². The van der Waals surface area contributed by atoms with Crippen LogP contribution in [0.5, 0.6) is 0 Å². The van der Waals surface area contributed by atoms with E-state index in [9.17, 15) is 4.79 Å². The Balaban J connectivity index is 2.17. The minimum Gasteiger partial charge on any atom is -0.478 e. The Morgan fingerprint density at radius 3 is 2.80 bits per heavy atom. The van der Waals surface area contributed by atoms with E-state index in [0.29, 0.717) is 17.0 Å². The molecule has 2 aromatic carbocycles. The van der Waals surface area contributed by atoms with Gasteiger partial charge in [-0.2, -0.15) is 0 Å². The number of hydrogen-bond donors (Lipinski definition) is 1. The molecule has 3 rings (SSSR count). The molecule has 0 saturated carbocycles. The van der Waals surface area contributed by atoms with Gasteiger partial charge in [0.25, 0.3) is 0 Å². The first kappa shape index (κ1) is 13.6. The van der Waals surface area contributed by atoms with Crippen molar-refractivity contribution in [3.05, 3.63) is 50.0 Å². The summed E-state index contributed by atoms with van der Waals surface area (Å²) >= 11 is 5.68. The van der Waals surface area contributed by atoms with Crippen molar-refractivity contribution in [2.24, 2.45) is 0 Å². The number of hydrogen-bond acceptors (Lipinski definition) is 3. The smallest absolute Gasteiger partial charge is 0.335 e. The Bertz CT molecular complexity index is 828. The third-order valence-corrected chi connectivity index (χ3v) is 4.16. The predicted octanol–water partition coefficient (Wildman–Crippen LogP) is 4.56. The van der Waals surface area contributed by atoms with Crippen LogP contribution in [0, 0.1) is 3.57 Å². The second kappa shape index (κ2) is 5.17. The molecule has 3 aromatic rings. The highest BCUT2D eigenvalue weighted by molar-refractivity contribution is 14.1. The zero-order valence-electron chi connectivity index (χ0n) is 9.93. The maximum atomic E-state index is 10.9. The number of oxazole rings is 1. The molecule has 0 aliphatic rings. The molecule has 0 radical (unpaired) electrons. The number of aromatic nitrogens is 1. The van der Waals surface area contributed by atoms with Crippen LogP contribution >= 0.6 is 38.5 Å². The van der Waals surface area contributed by atoms with E-state index in [4.69, 9.17) is 9.52 Å². The lowest BCUT2D eigenvalue weighted by Gasteiger charge is -1.99. The monoisotopic (exact) mass is 443 g/mol. The van der Waals surface area contributed by atoms with Crippen LogP contribution in [0.3, 0.4) is 0 Å². The van der Waals surface area contributed by atoms with E-state index in [0.717, 1.165) is 13.6 Å². The molecule has 0 bridgehead atoms. The lowest BCUT2D eigenvalue weighted by Crippen LogP contribution is -1.94. The Morgan fingerprint density at radius 2 is 2.05 bits per heavy atom. The van der Waals surface area contributed by atoms with Crippen LogP contribution in [0.1, 0.15) is 10.4 Å². The molecular formula is C14H7BrINO3. The van der Waals surface area contributed by atoms with Crippen molar-refractivity contribution < 1.29 is 14.3 Å². The van der Waals surface area contributed by atoms with Gasteiger partial charge < -0.3 is 9.52 Å². The molecule has 0 saturated heterocycles. The number of carboxylic acids is 1. The lowest BCUT2D eigenvalue weighted by atomic mass is 10.2. The average Bonchev–Trinajstić information content (AvgIpc) is 2.83. The van der Waals surface area contributed by atoms with E-state index >= 15 is 0 Å². The minimum absolute atomic E-state index is 0.182. The van der Waals surface area contributed by atoms with Gasteiger partial charge >= 0.3 is 5.97 Å². The van der Waals surface area contributed by atoms with Gasteiger partial charge in [0.15, 0.2) is 5.58 Å². The van der Waals surface area contributed by atoms with Gasteiger partial charge in [-0.3, -0.25) is 0 Å². The van der Waals surface area contributed by atoms with E-state index in [2.05, 4.69) is 43.5 Å². The van der Waals surface area contributed by atoms with Crippen molar-refractivity contribution in [3.8, 4) is 11.5 Å². The SMILES string of the molecule is O=C(O)c1ccc2nc(-c3cc(I)ccc3Br)oc2c1. The fourth-order valence-corrected chi connectivity index (χ4v) is 2.74.